The Bertz CT molecular complexity index is 782. The number of hydrogen-bond donors (Lipinski definition) is 1. The Kier molecular flexibility index (Phi) is 4.36. The minimum atomic E-state index is -0.223. The van der Waals surface area contributed by atoms with Crippen LogP contribution in [0.5, 0.6) is 0 Å². The van der Waals surface area contributed by atoms with Gasteiger partial charge in [-0.3, -0.25) is 15.1 Å². The van der Waals surface area contributed by atoms with Crippen molar-refractivity contribution in [3.05, 3.63) is 72.7 Å². The van der Waals surface area contributed by atoms with Crippen molar-refractivity contribution in [1.82, 2.24) is 9.97 Å². The van der Waals surface area contributed by atoms with Gasteiger partial charge in [0.25, 0.3) is 0 Å². The second kappa shape index (κ2) is 6.78. The van der Waals surface area contributed by atoms with Gasteiger partial charge in [-0.05, 0) is 23.8 Å². The van der Waals surface area contributed by atoms with Gasteiger partial charge in [0.2, 0.25) is 5.91 Å². The van der Waals surface area contributed by atoms with Crippen molar-refractivity contribution in [2.75, 3.05) is 5.32 Å². The standard InChI is InChI=1S/C17H13N3OS/c21-16(10-9-14-8-4-5-11-18-14)20-17-19-12-15(22-17)13-6-2-1-3-7-13/h1-12H,(H,19,20,21). The molecule has 0 atom stereocenters. The number of nitrogens with zero attached hydrogens (tertiary/aromatic N) is 2. The number of thiazole rings is 1. The van der Waals surface area contributed by atoms with E-state index in [0.29, 0.717) is 5.13 Å². The first-order valence-corrected chi connectivity index (χ1v) is 7.54. The van der Waals surface area contributed by atoms with Crippen molar-refractivity contribution >= 4 is 28.5 Å². The van der Waals surface area contributed by atoms with E-state index in [2.05, 4.69) is 15.3 Å². The molecular weight excluding hydrogens is 294 g/mol. The van der Waals surface area contributed by atoms with Gasteiger partial charge in [-0.25, -0.2) is 4.98 Å². The largest absolute Gasteiger partial charge is 0.298 e. The van der Waals surface area contributed by atoms with Gasteiger partial charge in [0.15, 0.2) is 5.13 Å². The fraction of sp³-hybridized carbons (Fsp3) is 0. The van der Waals surface area contributed by atoms with Crippen LogP contribution >= 0.6 is 11.3 Å². The van der Waals surface area contributed by atoms with Crippen LogP contribution < -0.4 is 5.32 Å². The number of amides is 1. The Hall–Kier alpha value is -2.79. The van der Waals surface area contributed by atoms with E-state index in [9.17, 15) is 4.79 Å². The van der Waals surface area contributed by atoms with Crippen molar-refractivity contribution in [2.45, 2.75) is 0 Å². The number of benzene rings is 1. The number of pyridine rings is 1. The SMILES string of the molecule is O=C(C=Cc1ccccn1)Nc1ncc(-c2ccccc2)s1. The highest BCUT2D eigenvalue weighted by Gasteiger charge is 2.05. The Balaban J connectivity index is 1.65. The molecule has 4 nitrogen and oxygen atoms in total. The van der Waals surface area contributed by atoms with Crippen LogP contribution in [0.25, 0.3) is 16.5 Å². The molecule has 3 rings (SSSR count). The van der Waals surface area contributed by atoms with Crippen LogP contribution in [0.1, 0.15) is 5.69 Å². The average molecular weight is 307 g/mol. The minimum absolute atomic E-state index is 0.223. The number of carbonyl (C=O) groups is 1. The molecule has 22 heavy (non-hydrogen) atoms. The van der Waals surface area contributed by atoms with Gasteiger partial charge in [-0.15, -0.1) is 0 Å². The zero-order chi connectivity index (χ0) is 15.2. The summed E-state index contributed by atoms with van der Waals surface area (Å²) in [6.07, 6.45) is 6.57. The second-order valence-corrected chi connectivity index (χ2v) is 5.50. The summed E-state index contributed by atoms with van der Waals surface area (Å²) in [6, 6.07) is 15.5. The summed E-state index contributed by atoms with van der Waals surface area (Å²) in [6.45, 7) is 0. The van der Waals surface area contributed by atoms with Crippen molar-refractivity contribution in [3.8, 4) is 10.4 Å². The normalized spacial score (nSPS) is 10.7. The van der Waals surface area contributed by atoms with E-state index in [1.807, 2.05) is 48.5 Å². The topological polar surface area (TPSA) is 54.9 Å². The maximum Gasteiger partial charge on any atom is 0.250 e. The quantitative estimate of drug-likeness (QED) is 0.745. The number of anilines is 1. The van der Waals surface area contributed by atoms with Gasteiger partial charge < -0.3 is 0 Å². The molecule has 0 aliphatic heterocycles. The van der Waals surface area contributed by atoms with Crippen LogP contribution in [0.4, 0.5) is 5.13 Å². The predicted molar refractivity (Wildman–Crippen MR) is 89.5 cm³/mol. The molecule has 108 valence electrons. The first-order chi connectivity index (χ1) is 10.8. The molecule has 0 radical (unpaired) electrons. The maximum absolute atomic E-state index is 11.9. The molecule has 2 aromatic heterocycles. The third-order valence-corrected chi connectivity index (χ3v) is 3.85. The fourth-order valence-electron chi connectivity index (χ4n) is 1.85. The summed E-state index contributed by atoms with van der Waals surface area (Å²) in [7, 11) is 0. The summed E-state index contributed by atoms with van der Waals surface area (Å²) in [4.78, 5) is 21.2. The van der Waals surface area contributed by atoms with E-state index in [4.69, 9.17) is 0 Å². The molecule has 1 N–H and O–H groups in total. The van der Waals surface area contributed by atoms with Crippen molar-refractivity contribution in [1.29, 1.82) is 0 Å². The van der Waals surface area contributed by atoms with Gasteiger partial charge in [0.05, 0.1) is 10.6 Å². The van der Waals surface area contributed by atoms with Crippen LogP contribution in [-0.4, -0.2) is 15.9 Å². The summed E-state index contributed by atoms with van der Waals surface area (Å²) < 4.78 is 0. The average Bonchev–Trinajstić information content (AvgIpc) is 3.03. The molecule has 5 heteroatoms. The third kappa shape index (κ3) is 3.65. The molecule has 0 aliphatic carbocycles. The maximum atomic E-state index is 11.9. The number of aromatic nitrogens is 2. The van der Waals surface area contributed by atoms with E-state index in [1.54, 1.807) is 18.5 Å². The van der Waals surface area contributed by atoms with Gasteiger partial charge in [-0.1, -0.05) is 47.7 Å². The second-order valence-electron chi connectivity index (χ2n) is 4.47. The summed E-state index contributed by atoms with van der Waals surface area (Å²) >= 11 is 1.44. The fourth-order valence-corrected chi connectivity index (χ4v) is 2.68. The first-order valence-electron chi connectivity index (χ1n) is 6.72. The van der Waals surface area contributed by atoms with Gasteiger partial charge in [0, 0.05) is 18.5 Å². The van der Waals surface area contributed by atoms with E-state index in [0.717, 1.165) is 16.1 Å². The molecule has 2 heterocycles. The third-order valence-electron chi connectivity index (χ3n) is 2.89. The lowest BCUT2D eigenvalue weighted by molar-refractivity contribution is -0.111. The first kappa shape index (κ1) is 14.2. The van der Waals surface area contributed by atoms with Crippen LogP contribution in [0.3, 0.4) is 0 Å². The highest BCUT2D eigenvalue weighted by atomic mass is 32.1. The van der Waals surface area contributed by atoms with Crippen LogP contribution in [0, 0.1) is 0 Å². The molecule has 1 aromatic carbocycles. The molecule has 0 bridgehead atoms. The zero-order valence-electron chi connectivity index (χ0n) is 11.6. The molecule has 0 saturated heterocycles. The number of nitrogens with one attached hydrogen (secondary N) is 1. The summed E-state index contributed by atoms with van der Waals surface area (Å²) in [5.74, 6) is -0.223. The van der Waals surface area contributed by atoms with Gasteiger partial charge in [0.1, 0.15) is 0 Å². The Labute approximate surface area is 132 Å². The zero-order valence-corrected chi connectivity index (χ0v) is 12.5. The van der Waals surface area contributed by atoms with Crippen molar-refractivity contribution in [3.63, 3.8) is 0 Å². The summed E-state index contributed by atoms with van der Waals surface area (Å²) in [5.41, 5.74) is 1.83. The smallest absolute Gasteiger partial charge is 0.250 e. The molecule has 0 fully saturated rings. The van der Waals surface area contributed by atoms with E-state index < -0.39 is 0 Å². The minimum Gasteiger partial charge on any atom is -0.298 e. The molecular formula is C17H13N3OS. The van der Waals surface area contributed by atoms with Crippen LogP contribution in [0.15, 0.2) is 67.0 Å². The van der Waals surface area contributed by atoms with Gasteiger partial charge in [-0.2, -0.15) is 0 Å². The highest BCUT2D eigenvalue weighted by Crippen LogP contribution is 2.28. The molecule has 0 aliphatic rings. The lowest BCUT2D eigenvalue weighted by Gasteiger charge is -1.96. The lowest BCUT2D eigenvalue weighted by Crippen LogP contribution is -2.07. The number of hydrogen-bond acceptors (Lipinski definition) is 4. The van der Waals surface area contributed by atoms with E-state index in [-0.39, 0.29) is 5.91 Å². The molecule has 0 spiro atoms. The number of rotatable bonds is 4. The summed E-state index contributed by atoms with van der Waals surface area (Å²) in [5, 5.41) is 3.33. The van der Waals surface area contributed by atoms with Gasteiger partial charge >= 0.3 is 0 Å². The van der Waals surface area contributed by atoms with Crippen LogP contribution in [-0.2, 0) is 4.79 Å². The van der Waals surface area contributed by atoms with E-state index in [1.165, 1.54) is 17.4 Å². The highest BCUT2D eigenvalue weighted by molar-refractivity contribution is 7.19. The predicted octanol–water partition coefficient (Wildman–Crippen LogP) is 3.86. The van der Waals surface area contributed by atoms with Crippen molar-refractivity contribution in [2.24, 2.45) is 0 Å². The molecule has 0 saturated carbocycles. The lowest BCUT2D eigenvalue weighted by atomic mass is 10.2. The van der Waals surface area contributed by atoms with Crippen molar-refractivity contribution < 1.29 is 4.79 Å². The molecule has 1 amide bonds. The Morgan fingerprint density at radius 2 is 1.86 bits per heavy atom. The van der Waals surface area contributed by atoms with E-state index >= 15 is 0 Å². The Morgan fingerprint density at radius 3 is 2.64 bits per heavy atom. The molecule has 0 unspecified atom stereocenters. The Morgan fingerprint density at radius 1 is 1.05 bits per heavy atom. The monoisotopic (exact) mass is 307 g/mol. The number of carbonyl (C=O) groups excluding carboxylic acids is 1. The molecule has 3 aromatic rings. The van der Waals surface area contributed by atoms with Crippen LogP contribution in [0.2, 0.25) is 0 Å².